The zero-order chi connectivity index (χ0) is 13.8. The summed E-state index contributed by atoms with van der Waals surface area (Å²) in [5.74, 6) is 1.96. The summed E-state index contributed by atoms with van der Waals surface area (Å²) in [6.07, 6.45) is 1.33. The molecule has 1 heterocycles. The van der Waals surface area contributed by atoms with Gasteiger partial charge in [0.1, 0.15) is 6.10 Å². The van der Waals surface area contributed by atoms with Gasteiger partial charge in [0.2, 0.25) is 0 Å². The average Bonchev–Trinajstić information content (AvgIpc) is 2.83. The fraction of sp³-hybridized carbons (Fsp3) is 0.600. The molecule has 1 fully saturated rings. The Hall–Kier alpha value is -1.26. The van der Waals surface area contributed by atoms with Gasteiger partial charge < -0.3 is 20.1 Å². The van der Waals surface area contributed by atoms with Gasteiger partial charge in [-0.1, -0.05) is 13.0 Å². The molecule has 1 aromatic rings. The third kappa shape index (κ3) is 3.39. The topological polar surface area (TPSA) is 47.7 Å². The lowest BCUT2D eigenvalue weighted by Gasteiger charge is -2.18. The summed E-state index contributed by atoms with van der Waals surface area (Å²) in [4.78, 5) is 2.28. The molecule has 0 aliphatic carbocycles. The Kier molecular flexibility index (Phi) is 4.66. The molecule has 2 unspecified atom stereocenters. The Morgan fingerprint density at radius 2 is 2.21 bits per heavy atom. The molecule has 0 saturated carbocycles. The maximum atomic E-state index is 6.04. The van der Waals surface area contributed by atoms with Crippen LogP contribution in [0.1, 0.15) is 24.8 Å². The van der Waals surface area contributed by atoms with E-state index in [0.29, 0.717) is 12.5 Å². The highest BCUT2D eigenvalue weighted by atomic mass is 16.5. The molecule has 0 spiro atoms. The van der Waals surface area contributed by atoms with Gasteiger partial charge in [-0.3, -0.25) is 0 Å². The Morgan fingerprint density at radius 3 is 2.79 bits per heavy atom. The zero-order valence-corrected chi connectivity index (χ0v) is 12.1. The van der Waals surface area contributed by atoms with E-state index in [-0.39, 0.29) is 6.10 Å². The summed E-state index contributed by atoms with van der Waals surface area (Å²) in [7, 11) is 3.80. The molecular weight excluding hydrogens is 240 g/mol. The molecule has 0 bridgehead atoms. The molecule has 1 saturated heterocycles. The average molecular weight is 264 g/mol. The molecule has 19 heavy (non-hydrogen) atoms. The predicted octanol–water partition coefficient (Wildman–Crippen LogP) is 1.84. The lowest BCUT2D eigenvalue weighted by atomic mass is 10.0. The van der Waals surface area contributed by atoms with E-state index >= 15 is 0 Å². The summed E-state index contributed by atoms with van der Waals surface area (Å²) in [6, 6.07) is 6.11. The normalized spacial score (nSPS) is 21.4. The molecule has 2 atom stereocenters. The van der Waals surface area contributed by atoms with E-state index < -0.39 is 0 Å². The molecule has 1 aliphatic rings. The first-order chi connectivity index (χ1) is 9.13. The van der Waals surface area contributed by atoms with Crippen molar-refractivity contribution in [3.8, 4) is 11.5 Å². The van der Waals surface area contributed by atoms with E-state index in [2.05, 4.69) is 24.9 Å². The van der Waals surface area contributed by atoms with E-state index in [1.807, 2.05) is 12.1 Å². The molecule has 2 rings (SSSR count). The number of benzene rings is 1. The van der Waals surface area contributed by atoms with Crippen molar-refractivity contribution in [2.24, 2.45) is 5.73 Å². The maximum Gasteiger partial charge on any atom is 0.161 e. The second-order valence-corrected chi connectivity index (χ2v) is 5.34. The van der Waals surface area contributed by atoms with Crippen LogP contribution in [-0.2, 0) is 0 Å². The highest BCUT2D eigenvalue weighted by Crippen LogP contribution is 2.32. The van der Waals surface area contributed by atoms with Gasteiger partial charge >= 0.3 is 0 Å². The Bertz CT molecular complexity index is 423. The van der Waals surface area contributed by atoms with Gasteiger partial charge in [-0.15, -0.1) is 0 Å². The fourth-order valence-electron chi connectivity index (χ4n) is 2.39. The molecule has 1 aromatic carbocycles. The minimum absolute atomic E-state index is 0.261. The lowest BCUT2D eigenvalue weighted by Crippen LogP contribution is -2.21. The number of rotatable bonds is 5. The van der Waals surface area contributed by atoms with E-state index in [4.69, 9.17) is 15.2 Å². The summed E-state index contributed by atoms with van der Waals surface area (Å²) in [5.41, 5.74) is 6.89. The molecular formula is C15H24N2O2. The fourth-order valence-corrected chi connectivity index (χ4v) is 2.39. The number of nitrogens with zero attached hydrogens (tertiary/aromatic N) is 1. The second kappa shape index (κ2) is 6.26. The third-order valence-corrected chi connectivity index (χ3v) is 3.75. The lowest BCUT2D eigenvalue weighted by molar-refractivity contribution is 0.199. The van der Waals surface area contributed by atoms with Crippen molar-refractivity contribution in [2.75, 3.05) is 33.8 Å². The van der Waals surface area contributed by atoms with E-state index in [1.54, 1.807) is 7.11 Å². The smallest absolute Gasteiger partial charge is 0.161 e. The number of ether oxygens (including phenoxy) is 2. The first-order valence-corrected chi connectivity index (χ1v) is 6.87. The number of hydrogen-bond donors (Lipinski definition) is 1. The summed E-state index contributed by atoms with van der Waals surface area (Å²) in [5, 5.41) is 0. The third-order valence-electron chi connectivity index (χ3n) is 3.75. The second-order valence-electron chi connectivity index (χ2n) is 5.34. The van der Waals surface area contributed by atoms with Gasteiger partial charge in [-0.05, 0) is 43.6 Å². The summed E-state index contributed by atoms with van der Waals surface area (Å²) >= 11 is 0. The first kappa shape index (κ1) is 14.2. The standard InChI is InChI=1S/C15H24N2O2/c1-11(9-16)12-4-5-14(15(8-12)18-3)19-13-6-7-17(2)10-13/h4-5,8,11,13H,6-7,9-10,16H2,1-3H3. The monoisotopic (exact) mass is 264 g/mol. The van der Waals surface area contributed by atoms with E-state index in [1.165, 1.54) is 5.56 Å². The minimum atomic E-state index is 0.261. The number of nitrogens with two attached hydrogens (primary N) is 1. The van der Waals surface area contributed by atoms with Crippen LogP contribution in [0.15, 0.2) is 18.2 Å². The number of likely N-dealkylation sites (tertiary alicyclic amines) is 1. The molecule has 1 aliphatic heterocycles. The van der Waals surface area contributed by atoms with Crippen LogP contribution in [0.2, 0.25) is 0 Å². The van der Waals surface area contributed by atoms with Crippen LogP contribution in [0.4, 0.5) is 0 Å². The Labute approximate surface area is 115 Å². The minimum Gasteiger partial charge on any atom is -0.493 e. The molecule has 0 aromatic heterocycles. The Balaban J connectivity index is 2.12. The highest BCUT2D eigenvalue weighted by Gasteiger charge is 2.22. The van der Waals surface area contributed by atoms with Crippen molar-refractivity contribution < 1.29 is 9.47 Å². The van der Waals surface area contributed by atoms with Crippen molar-refractivity contribution in [2.45, 2.75) is 25.4 Å². The summed E-state index contributed by atoms with van der Waals surface area (Å²) < 4.78 is 11.5. The molecule has 0 amide bonds. The largest absolute Gasteiger partial charge is 0.493 e. The van der Waals surface area contributed by atoms with Gasteiger partial charge in [0.25, 0.3) is 0 Å². The molecule has 106 valence electrons. The van der Waals surface area contributed by atoms with Crippen LogP contribution in [0.3, 0.4) is 0 Å². The maximum absolute atomic E-state index is 6.04. The van der Waals surface area contributed by atoms with Crippen molar-refractivity contribution in [3.63, 3.8) is 0 Å². The number of methoxy groups -OCH3 is 1. The van der Waals surface area contributed by atoms with E-state index in [9.17, 15) is 0 Å². The van der Waals surface area contributed by atoms with Crippen molar-refractivity contribution in [1.82, 2.24) is 4.90 Å². The number of hydrogen-bond acceptors (Lipinski definition) is 4. The quantitative estimate of drug-likeness (QED) is 0.881. The molecule has 0 radical (unpaired) electrons. The van der Waals surface area contributed by atoms with Crippen molar-refractivity contribution >= 4 is 0 Å². The molecule has 4 heteroatoms. The van der Waals surface area contributed by atoms with Crippen LogP contribution in [-0.4, -0.2) is 44.8 Å². The van der Waals surface area contributed by atoms with Gasteiger partial charge in [0, 0.05) is 13.1 Å². The van der Waals surface area contributed by atoms with Crippen LogP contribution >= 0.6 is 0 Å². The van der Waals surface area contributed by atoms with Gasteiger partial charge in [-0.2, -0.15) is 0 Å². The van der Waals surface area contributed by atoms with Crippen molar-refractivity contribution in [1.29, 1.82) is 0 Å². The predicted molar refractivity (Wildman–Crippen MR) is 77.0 cm³/mol. The van der Waals surface area contributed by atoms with E-state index in [0.717, 1.165) is 31.0 Å². The zero-order valence-electron chi connectivity index (χ0n) is 12.1. The SMILES string of the molecule is COc1cc(C(C)CN)ccc1OC1CCN(C)C1. The van der Waals surface area contributed by atoms with Crippen LogP contribution in [0.5, 0.6) is 11.5 Å². The van der Waals surface area contributed by atoms with Crippen LogP contribution < -0.4 is 15.2 Å². The summed E-state index contributed by atoms with van der Waals surface area (Å²) in [6.45, 7) is 4.82. The molecule has 2 N–H and O–H groups in total. The van der Waals surface area contributed by atoms with Gasteiger partial charge in [0.05, 0.1) is 7.11 Å². The molecule has 4 nitrogen and oxygen atoms in total. The Morgan fingerprint density at radius 1 is 1.42 bits per heavy atom. The van der Waals surface area contributed by atoms with Gasteiger partial charge in [0.15, 0.2) is 11.5 Å². The first-order valence-electron chi connectivity index (χ1n) is 6.87. The van der Waals surface area contributed by atoms with Crippen LogP contribution in [0, 0.1) is 0 Å². The number of likely N-dealkylation sites (N-methyl/N-ethyl adjacent to an activating group) is 1. The van der Waals surface area contributed by atoms with Crippen LogP contribution in [0.25, 0.3) is 0 Å². The van der Waals surface area contributed by atoms with Crippen molar-refractivity contribution in [3.05, 3.63) is 23.8 Å². The highest BCUT2D eigenvalue weighted by molar-refractivity contribution is 5.44. The van der Waals surface area contributed by atoms with Gasteiger partial charge in [-0.25, -0.2) is 0 Å².